The Hall–Kier alpha value is -8.31. The van der Waals surface area contributed by atoms with E-state index in [2.05, 4.69) is 275 Å². The molecule has 0 fully saturated rings. The molecule has 11 aromatic rings. The fourth-order valence-corrected chi connectivity index (χ4v) is 12.1. The predicted octanol–water partition coefficient (Wildman–Crippen LogP) is 17.1. The van der Waals surface area contributed by atoms with Crippen LogP contribution in [0.15, 0.2) is 271 Å². The molecule has 3 nitrogen and oxygen atoms in total. The van der Waals surface area contributed by atoms with Crippen LogP contribution in [-0.4, -0.2) is 4.57 Å². The topological polar surface area (TPSA) is 11.4 Å². The lowest BCUT2D eigenvalue weighted by atomic mass is 9.67. The van der Waals surface area contributed by atoms with Crippen molar-refractivity contribution in [3.63, 3.8) is 0 Å². The summed E-state index contributed by atoms with van der Waals surface area (Å²) in [6.45, 7) is 0. The summed E-state index contributed by atoms with van der Waals surface area (Å²) in [5, 5.41) is 1.23. The molecule has 0 N–H and O–H groups in total. The molecule has 0 amide bonds. The van der Waals surface area contributed by atoms with Crippen LogP contribution in [0.2, 0.25) is 0 Å². The van der Waals surface area contributed by atoms with Gasteiger partial charge in [-0.3, -0.25) is 9.47 Å². The minimum Gasteiger partial charge on any atom is -0.310 e. The summed E-state index contributed by atoms with van der Waals surface area (Å²) in [4.78, 5) is 7.34. The first-order valence-corrected chi connectivity index (χ1v) is 23.7. The molecule has 0 saturated carbocycles. The number of hydrogen-bond acceptors (Lipinski definition) is 3. The summed E-state index contributed by atoms with van der Waals surface area (Å²) in [5.74, 6) is 1.14. The number of hydrogen-bond donors (Lipinski definition) is 0. The molecule has 2 aliphatic rings. The van der Waals surface area contributed by atoms with E-state index in [9.17, 15) is 0 Å². The first-order valence-electron chi connectivity index (χ1n) is 22.9. The molecular formula is C63H43N3S. The number of nitrogens with zero attached hydrogens (tertiary/aromatic N) is 3. The summed E-state index contributed by atoms with van der Waals surface area (Å²) in [7, 11) is 0. The van der Waals surface area contributed by atoms with E-state index in [1.165, 1.54) is 59.8 Å². The van der Waals surface area contributed by atoms with Gasteiger partial charge in [0.25, 0.3) is 0 Å². The van der Waals surface area contributed by atoms with Crippen LogP contribution in [0.5, 0.6) is 0 Å². The van der Waals surface area contributed by atoms with E-state index in [0.717, 1.165) is 45.3 Å². The molecule has 0 spiro atoms. The minimum absolute atomic E-state index is 0.515. The number of benzene rings is 10. The van der Waals surface area contributed by atoms with Crippen LogP contribution in [0.1, 0.15) is 22.3 Å². The quantitative estimate of drug-likeness (QED) is 0.151. The first-order chi connectivity index (χ1) is 33.3. The smallest absolute Gasteiger partial charge is 0.137 e. The number of rotatable bonds is 8. The Bertz CT molecular complexity index is 3570. The molecule has 2 heterocycles. The molecule has 316 valence electrons. The third kappa shape index (κ3) is 6.14. The van der Waals surface area contributed by atoms with Gasteiger partial charge in [-0.05, 0) is 123 Å². The van der Waals surface area contributed by atoms with Gasteiger partial charge in [0.15, 0.2) is 0 Å². The summed E-state index contributed by atoms with van der Waals surface area (Å²) in [6, 6.07) is 95.4. The van der Waals surface area contributed by atoms with Gasteiger partial charge in [0.05, 0.1) is 21.5 Å². The van der Waals surface area contributed by atoms with Gasteiger partial charge in [0, 0.05) is 38.7 Å². The molecule has 10 aromatic carbocycles. The Labute approximate surface area is 395 Å². The highest BCUT2D eigenvalue weighted by Gasteiger charge is 2.46. The van der Waals surface area contributed by atoms with Crippen molar-refractivity contribution in [1.82, 2.24) is 4.57 Å². The molecule has 4 heteroatoms. The number of anilines is 6. The van der Waals surface area contributed by atoms with Crippen molar-refractivity contribution < 1.29 is 0 Å². The van der Waals surface area contributed by atoms with Crippen LogP contribution in [0, 0.1) is 0 Å². The molecule has 0 radical (unpaired) electrons. The van der Waals surface area contributed by atoms with Crippen molar-refractivity contribution in [2.75, 3.05) is 9.80 Å². The third-order valence-electron chi connectivity index (χ3n) is 13.6. The normalized spacial score (nSPS) is 13.1. The van der Waals surface area contributed by atoms with Gasteiger partial charge in [-0.15, -0.1) is 0 Å². The molecule has 0 unspecified atom stereocenters. The minimum atomic E-state index is -0.515. The summed E-state index contributed by atoms with van der Waals surface area (Å²) >= 11 is 1.87. The molecule has 1 aliphatic heterocycles. The Balaban J connectivity index is 1.03. The number of fused-ring (bicyclic) bond motifs is 7. The van der Waals surface area contributed by atoms with Gasteiger partial charge < -0.3 is 4.90 Å². The standard InChI is InChI=1S/C63H43N3S/c1-6-23-45(24-7-1)63(46-25-8-2-9-26-46)55-36-17-16-34-53(55)54-41-40-51(43-56(54)63)64(47-27-10-3-11-28-47)50-33-20-22-44(42-50)52-35-21-38-58-60(52)61-62(66(58)49-31-14-5-15-32-49)65(48-29-12-4-13-30-48)57-37-18-19-39-59(57)67-61/h1-43H. The summed E-state index contributed by atoms with van der Waals surface area (Å²) < 4.78 is 2.46. The van der Waals surface area contributed by atoms with E-state index in [0.29, 0.717) is 0 Å². The van der Waals surface area contributed by atoms with E-state index in [1.807, 2.05) is 11.8 Å². The second-order valence-electron chi connectivity index (χ2n) is 17.2. The maximum atomic E-state index is 2.46. The summed E-state index contributed by atoms with van der Waals surface area (Å²) in [5.41, 5.74) is 17.3. The highest BCUT2D eigenvalue weighted by Crippen LogP contribution is 2.59. The zero-order chi connectivity index (χ0) is 44.3. The second-order valence-corrected chi connectivity index (χ2v) is 18.3. The molecule has 0 bridgehead atoms. The van der Waals surface area contributed by atoms with Crippen molar-refractivity contribution in [1.29, 1.82) is 0 Å². The van der Waals surface area contributed by atoms with Crippen molar-refractivity contribution in [3.8, 4) is 27.9 Å². The van der Waals surface area contributed by atoms with Crippen LogP contribution in [0.3, 0.4) is 0 Å². The maximum absolute atomic E-state index is 2.46. The Morgan fingerprint density at radius 3 is 1.67 bits per heavy atom. The molecule has 0 saturated heterocycles. The fourth-order valence-electron chi connectivity index (χ4n) is 10.9. The van der Waals surface area contributed by atoms with Gasteiger partial charge in [0.1, 0.15) is 5.82 Å². The average molecular weight is 874 g/mol. The van der Waals surface area contributed by atoms with E-state index >= 15 is 0 Å². The van der Waals surface area contributed by atoms with Crippen LogP contribution in [0.25, 0.3) is 38.8 Å². The number of para-hydroxylation sites is 4. The van der Waals surface area contributed by atoms with Crippen molar-refractivity contribution >= 4 is 56.9 Å². The van der Waals surface area contributed by atoms with Crippen molar-refractivity contribution in [2.24, 2.45) is 0 Å². The number of aromatic nitrogens is 1. The highest BCUT2D eigenvalue weighted by molar-refractivity contribution is 8.00. The molecule has 1 aromatic heterocycles. The van der Waals surface area contributed by atoms with Gasteiger partial charge in [0.2, 0.25) is 0 Å². The zero-order valence-electron chi connectivity index (χ0n) is 36.6. The Morgan fingerprint density at radius 2 is 0.940 bits per heavy atom. The average Bonchev–Trinajstić information content (AvgIpc) is 3.90. The van der Waals surface area contributed by atoms with Crippen LogP contribution < -0.4 is 9.80 Å². The van der Waals surface area contributed by atoms with Crippen molar-refractivity contribution in [3.05, 3.63) is 283 Å². The first kappa shape index (κ1) is 39.1. The van der Waals surface area contributed by atoms with Crippen LogP contribution in [-0.2, 0) is 5.41 Å². The van der Waals surface area contributed by atoms with Crippen molar-refractivity contribution in [2.45, 2.75) is 15.2 Å². The zero-order valence-corrected chi connectivity index (χ0v) is 37.4. The van der Waals surface area contributed by atoms with E-state index in [-0.39, 0.29) is 0 Å². The van der Waals surface area contributed by atoms with Crippen LogP contribution in [0.4, 0.5) is 34.3 Å². The Morgan fingerprint density at radius 1 is 0.388 bits per heavy atom. The summed E-state index contributed by atoms with van der Waals surface area (Å²) in [6.07, 6.45) is 0. The largest absolute Gasteiger partial charge is 0.310 e. The third-order valence-corrected chi connectivity index (χ3v) is 14.8. The van der Waals surface area contributed by atoms with E-state index in [1.54, 1.807) is 0 Å². The monoisotopic (exact) mass is 873 g/mol. The fraction of sp³-hybridized carbons (Fsp3) is 0.0159. The predicted molar refractivity (Wildman–Crippen MR) is 280 cm³/mol. The molecule has 67 heavy (non-hydrogen) atoms. The van der Waals surface area contributed by atoms with Gasteiger partial charge in [-0.1, -0.05) is 194 Å². The van der Waals surface area contributed by atoms with Gasteiger partial charge >= 0.3 is 0 Å². The lowest BCUT2D eigenvalue weighted by molar-refractivity contribution is 0.768. The van der Waals surface area contributed by atoms with Gasteiger partial charge in [-0.2, -0.15) is 0 Å². The van der Waals surface area contributed by atoms with E-state index < -0.39 is 5.41 Å². The lowest BCUT2D eigenvalue weighted by Gasteiger charge is -2.35. The molecule has 0 atom stereocenters. The maximum Gasteiger partial charge on any atom is 0.137 e. The molecular weight excluding hydrogens is 831 g/mol. The Kier molecular flexibility index (Phi) is 9.33. The second kappa shape index (κ2) is 16.0. The molecule has 13 rings (SSSR count). The lowest BCUT2D eigenvalue weighted by Crippen LogP contribution is -2.28. The van der Waals surface area contributed by atoms with E-state index in [4.69, 9.17) is 0 Å². The SMILES string of the molecule is c1ccc(N(c2cccc(-c3cccc4c3c3c(n4-c4ccccc4)N(c4ccccc4)c4ccccc4S3)c2)c2ccc3c(c2)C(c2ccccc2)(c2ccccc2)c2ccccc2-3)cc1. The molecule has 1 aliphatic carbocycles. The van der Waals surface area contributed by atoms with Gasteiger partial charge in [-0.25, -0.2) is 0 Å². The highest BCUT2D eigenvalue weighted by atomic mass is 32.2. The van der Waals surface area contributed by atoms with Crippen LogP contribution >= 0.6 is 11.8 Å².